The second-order valence-corrected chi connectivity index (χ2v) is 11.7. The van der Waals surface area contributed by atoms with Crippen molar-refractivity contribution in [1.82, 2.24) is 0 Å². The molecule has 0 aliphatic carbocycles. The first-order valence-electron chi connectivity index (χ1n) is 6.69. The van der Waals surface area contributed by atoms with Gasteiger partial charge >= 0.3 is 5.97 Å². The first-order valence-corrected chi connectivity index (χ1v) is 10.7. The third-order valence-electron chi connectivity index (χ3n) is 3.88. The molecule has 0 aliphatic heterocycles. The highest BCUT2D eigenvalue weighted by atomic mass is 79.9. The molecule has 0 radical (unpaired) electrons. The number of hydrogen-bond acceptors (Lipinski definition) is 3. The van der Waals surface area contributed by atoms with Crippen LogP contribution < -0.4 is 4.43 Å². The second-order valence-electron chi connectivity index (χ2n) is 6.43. The highest BCUT2D eigenvalue weighted by Gasteiger charge is 2.39. The van der Waals surface area contributed by atoms with Gasteiger partial charge in [0.15, 0.2) is 5.82 Å². The Kier molecular flexibility index (Phi) is 5.61. The van der Waals surface area contributed by atoms with Crippen LogP contribution in [0.2, 0.25) is 18.1 Å². The summed E-state index contributed by atoms with van der Waals surface area (Å²) in [5.74, 6) is -0.893. The molecule has 0 unspecified atom stereocenters. The lowest BCUT2D eigenvalue weighted by atomic mass is 10.1. The minimum absolute atomic E-state index is 0.0327. The molecule has 0 aromatic heterocycles. The predicted octanol–water partition coefficient (Wildman–Crippen LogP) is 4.89. The van der Waals surface area contributed by atoms with Gasteiger partial charge in [-0.2, -0.15) is 0 Å². The number of benzene rings is 1. The SMILES string of the molecule is COC(=O)c1cc(F)c(O[Si](C)(C)C(C)(C)C)cc1CBr. The summed E-state index contributed by atoms with van der Waals surface area (Å²) in [5.41, 5.74) is 0.867. The maximum Gasteiger partial charge on any atom is 0.338 e. The Morgan fingerprint density at radius 2 is 1.90 bits per heavy atom. The van der Waals surface area contributed by atoms with Crippen molar-refractivity contribution in [3.63, 3.8) is 0 Å². The van der Waals surface area contributed by atoms with E-state index in [2.05, 4.69) is 54.5 Å². The standard InChI is InChI=1S/C15H22BrFO3Si/c1-15(2,3)21(5,6)20-13-7-10(9-16)11(8-12(13)17)14(18)19-4/h7-8H,9H2,1-6H3. The van der Waals surface area contributed by atoms with E-state index in [9.17, 15) is 9.18 Å². The summed E-state index contributed by atoms with van der Waals surface area (Å²) in [6.45, 7) is 10.4. The van der Waals surface area contributed by atoms with Crippen molar-refractivity contribution in [2.45, 2.75) is 44.2 Å². The molecule has 0 saturated heterocycles. The molecule has 3 nitrogen and oxygen atoms in total. The minimum Gasteiger partial charge on any atom is -0.542 e. The van der Waals surface area contributed by atoms with E-state index in [-0.39, 0.29) is 16.4 Å². The number of alkyl halides is 1. The zero-order chi connectivity index (χ0) is 16.4. The molecule has 0 N–H and O–H groups in total. The Morgan fingerprint density at radius 1 is 1.33 bits per heavy atom. The fourth-order valence-corrected chi connectivity index (χ4v) is 2.99. The van der Waals surface area contributed by atoms with Crippen molar-refractivity contribution in [2.24, 2.45) is 0 Å². The van der Waals surface area contributed by atoms with E-state index in [4.69, 9.17) is 4.43 Å². The maximum absolute atomic E-state index is 14.3. The fourth-order valence-electron chi connectivity index (χ4n) is 1.51. The lowest BCUT2D eigenvalue weighted by molar-refractivity contribution is 0.0599. The molecule has 0 bridgehead atoms. The molecule has 1 rings (SSSR count). The van der Waals surface area contributed by atoms with Gasteiger partial charge in [-0.25, -0.2) is 9.18 Å². The van der Waals surface area contributed by atoms with Gasteiger partial charge in [0, 0.05) is 5.33 Å². The van der Waals surface area contributed by atoms with Crippen LogP contribution in [0.3, 0.4) is 0 Å². The van der Waals surface area contributed by atoms with E-state index in [0.29, 0.717) is 10.9 Å². The molecule has 0 amide bonds. The quantitative estimate of drug-likeness (QED) is 0.426. The molecule has 6 heteroatoms. The summed E-state index contributed by atoms with van der Waals surface area (Å²) >= 11 is 3.31. The molecule has 0 fully saturated rings. The number of esters is 1. The van der Waals surface area contributed by atoms with Gasteiger partial charge in [-0.15, -0.1) is 0 Å². The van der Waals surface area contributed by atoms with Crippen molar-refractivity contribution in [3.05, 3.63) is 29.1 Å². The van der Waals surface area contributed by atoms with E-state index in [1.807, 2.05) is 0 Å². The molecule has 0 atom stereocenters. The molecule has 21 heavy (non-hydrogen) atoms. The molecular weight excluding hydrogens is 355 g/mol. The zero-order valence-corrected chi connectivity index (χ0v) is 15.9. The average Bonchev–Trinajstić information content (AvgIpc) is 2.38. The van der Waals surface area contributed by atoms with Gasteiger partial charge in [0.2, 0.25) is 0 Å². The zero-order valence-electron chi connectivity index (χ0n) is 13.3. The average molecular weight is 377 g/mol. The summed E-state index contributed by atoms with van der Waals surface area (Å²) in [4.78, 5) is 11.7. The van der Waals surface area contributed by atoms with Gasteiger partial charge in [-0.3, -0.25) is 0 Å². The maximum atomic E-state index is 14.3. The van der Waals surface area contributed by atoms with Crippen LogP contribution in [0.15, 0.2) is 12.1 Å². The van der Waals surface area contributed by atoms with Gasteiger partial charge in [0.05, 0.1) is 12.7 Å². The van der Waals surface area contributed by atoms with Crippen LogP contribution in [0.1, 0.15) is 36.7 Å². The third-order valence-corrected chi connectivity index (χ3v) is 8.83. The van der Waals surface area contributed by atoms with E-state index >= 15 is 0 Å². The second kappa shape index (κ2) is 6.48. The van der Waals surface area contributed by atoms with Crippen LogP contribution in [0.25, 0.3) is 0 Å². The molecule has 0 aliphatic rings. The number of methoxy groups -OCH3 is 1. The monoisotopic (exact) mass is 376 g/mol. The van der Waals surface area contributed by atoms with Crippen LogP contribution in [0, 0.1) is 5.82 Å². The lowest BCUT2D eigenvalue weighted by Crippen LogP contribution is -2.44. The van der Waals surface area contributed by atoms with E-state index in [1.165, 1.54) is 13.2 Å². The fraction of sp³-hybridized carbons (Fsp3) is 0.533. The third kappa shape index (κ3) is 4.07. The highest BCUT2D eigenvalue weighted by molar-refractivity contribution is 9.08. The Labute approximate surface area is 135 Å². The Morgan fingerprint density at radius 3 is 2.33 bits per heavy atom. The van der Waals surface area contributed by atoms with Crippen LogP contribution in [0.5, 0.6) is 5.75 Å². The normalized spacial score (nSPS) is 12.2. The Balaban J connectivity index is 3.25. The number of hydrogen-bond donors (Lipinski definition) is 0. The molecule has 1 aromatic carbocycles. The summed E-state index contributed by atoms with van der Waals surface area (Å²) in [5, 5.41) is 0.389. The van der Waals surface area contributed by atoms with E-state index in [1.54, 1.807) is 6.07 Å². The van der Waals surface area contributed by atoms with Crippen molar-refractivity contribution >= 4 is 30.2 Å². The summed E-state index contributed by atoms with van der Waals surface area (Å²) in [7, 11) is -0.861. The van der Waals surface area contributed by atoms with Crippen molar-refractivity contribution in [3.8, 4) is 5.75 Å². The molecule has 0 spiro atoms. The first kappa shape index (κ1) is 18.2. The molecular formula is C15H22BrFO3Si. The van der Waals surface area contributed by atoms with E-state index < -0.39 is 20.1 Å². The Bertz CT molecular complexity index is 538. The van der Waals surface area contributed by atoms with Crippen LogP contribution in [0.4, 0.5) is 4.39 Å². The summed E-state index contributed by atoms with van der Waals surface area (Å²) in [6, 6.07) is 2.77. The molecule has 0 saturated carbocycles. The van der Waals surface area contributed by atoms with Crippen LogP contribution >= 0.6 is 15.9 Å². The van der Waals surface area contributed by atoms with Gasteiger partial charge in [-0.05, 0) is 35.8 Å². The largest absolute Gasteiger partial charge is 0.542 e. The topological polar surface area (TPSA) is 35.5 Å². The smallest absolute Gasteiger partial charge is 0.338 e. The van der Waals surface area contributed by atoms with Gasteiger partial charge in [0.1, 0.15) is 5.75 Å². The number of carbonyl (C=O) groups is 1. The summed E-state index contributed by atoms with van der Waals surface area (Å²) in [6.07, 6.45) is 0. The van der Waals surface area contributed by atoms with Gasteiger partial charge < -0.3 is 9.16 Å². The molecule has 0 heterocycles. The number of ether oxygens (including phenoxy) is 1. The molecule has 1 aromatic rings. The first-order chi connectivity index (χ1) is 9.53. The highest BCUT2D eigenvalue weighted by Crippen LogP contribution is 2.38. The van der Waals surface area contributed by atoms with Gasteiger partial charge in [-0.1, -0.05) is 36.7 Å². The van der Waals surface area contributed by atoms with Crippen molar-refractivity contribution < 1.29 is 18.3 Å². The van der Waals surface area contributed by atoms with E-state index in [0.717, 1.165) is 0 Å². The molecule has 118 valence electrons. The van der Waals surface area contributed by atoms with Gasteiger partial charge in [0.25, 0.3) is 8.32 Å². The number of rotatable bonds is 4. The van der Waals surface area contributed by atoms with Crippen molar-refractivity contribution in [2.75, 3.05) is 7.11 Å². The number of carbonyl (C=O) groups excluding carboxylic acids is 1. The predicted molar refractivity (Wildman–Crippen MR) is 88.2 cm³/mol. The summed E-state index contributed by atoms with van der Waals surface area (Å²) < 4.78 is 24.9. The minimum atomic E-state index is -2.14. The Hall–Kier alpha value is -0.883. The van der Waals surface area contributed by atoms with Crippen LogP contribution in [-0.2, 0) is 10.1 Å². The number of halogens is 2. The van der Waals surface area contributed by atoms with Crippen molar-refractivity contribution in [1.29, 1.82) is 0 Å². The van der Waals surface area contributed by atoms with Crippen LogP contribution in [-0.4, -0.2) is 21.4 Å². The lowest BCUT2D eigenvalue weighted by Gasteiger charge is -2.36.